The fourth-order valence-electron chi connectivity index (χ4n) is 0.884. The third kappa shape index (κ3) is 1.76. The lowest BCUT2D eigenvalue weighted by molar-refractivity contribution is 1.42. The fourth-order valence-corrected chi connectivity index (χ4v) is 0.982. The van der Waals surface area contributed by atoms with Crippen molar-refractivity contribution in [3.05, 3.63) is 35.2 Å². The standard InChI is InChI=1S/C9H6N2S/c1-7-5-8(10-2)3-4-9(7)11-6-12/h3-5H,1H3. The van der Waals surface area contributed by atoms with E-state index in [-0.39, 0.29) is 0 Å². The molecule has 0 saturated carbocycles. The van der Waals surface area contributed by atoms with Crippen molar-refractivity contribution < 1.29 is 0 Å². The van der Waals surface area contributed by atoms with Crippen LogP contribution in [-0.4, -0.2) is 5.16 Å². The molecule has 3 heteroatoms. The largest absolute Gasteiger partial charge is 0.238 e. The molecule has 58 valence electrons. The van der Waals surface area contributed by atoms with Gasteiger partial charge in [0.1, 0.15) is 0 Å². The minimum absolute atomic E-state index is 0.621. The topological polar surface area (TPSA) is 16.7 Å². The molecule has 1 aromatic rings. The summed E-state index contributed by atoms with van der Waals surface area (Å²) in [5.41, 5.74) is 2.34. The molecule has 0 radical (unpaired) electrons. The Kier molecular flexibility index (Phi) is 2.71. The maximum atomic E-state index is 6.77. The molecule has 1 aromatic carbocycles. The molecule has 0 spiro atoms. The number of isothiocyanates is 1. The molecular formula is C9H6N2S. The van der Waals surface area contributed by atoms with Crippen LogP contribution in [0.4, 0.5) is 11.4 Å². The Balaban J connectivity index is 3.22. The summed E-state index contributed by atoms with van der Waals surface area (Å²) in [6.45, 7) is 8.66. The maximum Gasteiger partial charge on any atom is 0.187 e. The van der Waals surface area contributed by atoms with Crippen LogP contribution in [0.5, 0.6) is 0 Å². The third-order valence-corrected chi connectivity index (χ3v) is 1.57. The first-order valence-corrected chi connectivity index (χ1v) is 3.74. The molecule has 0 N–H and O–H groups in total. The molecule has 0 fully saturated rings. The van der Waals surface area contributed by atoms with E-state index in [0.717, 1.165) is 11.3 Å². The van der Waals surface area contributed by atoms with Crippen molar-refractivity contribution in [3.63, 3.8) is 0 Å². The van der Waals surface area contributed by atoms with Gasteiger partial charge >= 0.3 is 0 Å². The number of aliphatic imine (C=N–C) groups is 1. The maximum absolute atomic E-state index is 6.77. The second-order valence-corrected chi connectivity index (χ2v) is 2.47. The van der Waals surface area contributed by atoms with Crippen LogP contribution in [0.1, 0.15) is 5.56 Å². The molecule has 0 unspecified atom stereocenters. The Morgan fingerprint density at radius 2 is 2.33 bits per heavy atom. The minimum Gasteiger partial charge on any atom is -0.238 e. The van der Waals surface area contributed by atoms with Gasteiger partial charge in [0, 0.05) is 0 Å². The van der Waals surface area contributed by atoms with Crippen molar-refractivity contribution in [1.29, 1.82) is 0 Å². The summed E-state index contributed by atoms with van der Waals surface area (Å²) in [6.07, 6.45) is 0. The van der Waals surface area contributed by atoms with Gasteiger partial charge in [-0.3, -0.25) is 0 Å². The number of nitrogens with zero attached hydrogens (tertiary/aromatic N) is 2. The molecule has 0 aliphatic rings. The summed E-state index contributed by atoms with van der Waals surface area (Å²) in [5, 5.41) is 2.29. The molecule has 0 aromatic heterocycles. The molecule has 0 atom stereocenters. The first-order valence-electron chi connectivity index (χ1n) is 3.34. The molecule has 0 aliphatic carbocycles. The van der Waals surface area contributed by atoms with E-state index in [2.05, 4.69) is 27.2 Å². The molecule has 0 amide bonds. The Morgan fingerprint density at radius 1 is 1.58 bits per heavy atom. The fraction of sp³-hybridized carbons (Fsp3) is 0.111. The summed E-state index contributed by atoms with van der Waals surface area (Å²) in [6, 6.07) is 5.26. The van der Waals surface area contributed by atoms with Crippen LogP contribution in [0.2, 0.25) is 0 Å². The van der Waals surface area contributed by atoms with E-state index in [0.29, 0.717) is 5.69 Å². The van der Waals surface area contributed by atoms with Crippen LogP contribution >= 0.6 is 12.2 Å². The van der Waals surface area contributed by atoms with Crippen molar-refractivity contribution in [2.24, 2.45) is 4.99 Å². The van der Waals surface area contributed by atoms with Crippen molar-refractivity contribution in [1.82, 2.24) is 0 Å². The summed E-state index contributed by atoms with van der Waals surface area (Å²) in [5.74, 6) is 0. The Hall–Kier alpha value is -1.49. The summed E-state index contributed by atoms with van der Waals surface area (Å²) < 4.78 is 0. The summed E-state index contributed by atoms with van der Waals surface area (Å²) >= 11 is 4.48. The molecule has 0 bridgehead atoms. The normalized spacial score (nSPS) is 8.33. The lowest BCUT2D eigenvalue weighted by Crippen LogP contribution is -1.71. The average molecular weight is 174 g/mol. The van der Waals surface area contributed by atoms with Crippen LogP contribution in [-0.2, 0) is 0 Å². The smallest absolute Gasteiger partial charge is 0.187 e. The second-order valence-electron chi connectivity index (χ2n) is 2.29. The van der Waals surface area contributed by atoms with E-state index < -0.39 is 0 Å². The number of hydrogen-bond acceptors (Lipinski definition) is 2. The van der Waals surface area contributed by atoms with Gasteiger partial charge in [0.2, 0.25) is 0 Å². The zero-order valence-electron chi connectivity index (χ0n) is 6.53. The van der Waals surface area contributed by atoms with E-state index in [1.54, 1.807) is 18.2 Å². The number of thiocarbonyl (C=S) groups is 1. The predicted molar refractivity (Wildman–Crippen MR) is 52.1 cm³/mol. The van der Waals surface area contributed by atoms with Crippen LogP contribution in [0.15, 0.2) is 23.2 Å². The van der Waals surface area contributed by atoms with Gasteiger partial charge in [-0.15, -0.1) is 0 Å². The number of aryl methyl sites for hydroxylation is 1. The second kappa shape index (κ2) is 3.77. The predicted octanol–water partition coefficient (Wildman–Crippen LogP) is 3.28. The van der Waals surface area contributed by atoms with Crippen molar-refractivity contribution in [3.8, 4) is 0 Å². The average Bonchev–Trinajstić information content (AvgIpc) is 2.09. The lowest BCUT2D eigenvalue weighted by Gasteiger charge is -1.97. The highest BCUT2D eigenvalue weighted by Crippen LogP contribution is 2.23. The zero-order chi connectivity index (χ0) is 8.97. The van der Waals surface area contributed by atoms with E-state index in [1.165, 1.54) is 0 Å². The monoisotopic (exact) mass is 174 g/mol. The molecular weight excluding hydrogens is 168 g/mol. The van der Waals surface area contributed by atoms with Gasteiger partial charge in [-0.2, -0.15) is 4.99 Å². The molecule has 1 rings (SSSR count). The van der Waals surface area contributed by atoms with Gasteiger partial charge in [-0.25, -0.2) is 4.85 Å². The van der Waals surface area contributed by atoms with Gasteiger partial charge in [0.25, 0.3) is 0 Å². The molecule has 12 heavy (non-hydrogen) atoms. The van der Waals surface area contributed by atoms with Crippen LogP contribution in [0, 0.1) is 13.5 Å². The van der Waals surface area contributed by atoms with Crippen molar-refractivity contribution >= 4 is 28.8 Å². The third-order valence-electron chi connectivity index (χ3n) is 1.48. The molecule has 0 saturated heterocycles. The number of rotatable bonds is 1. The Labute approximate surface area is 76.4 Å². The molecule has 0 heterocycles. The van der Waals surface area contributed by atoms with Crippen LogP contribution < -0.4 is 0 Å². The van der Waals surface area contributed by atoms with Crippen molar-refractivity contribution in [2.45, 2.75) is 6.92 Å². The molecule has 2 nitrogen and oxygen atoms in total. The quantitative estimate of drug-likeness (QED) is 0.362. The minimum atomic E-state index is 0.621. The van der Waals surface area contributed by atoms with Gasteiger partial charge in [-0.1, -0.05) is 12.1 Å². The first kappa shape index (κ1) is 8.61. The van der Waals surface area contributed by atoms with E-state index in [1.807, 2.05) is 6.92 Å². The van der Waals surface area contributed by atoms with Crippen molar-refractivity contribution in [2.75, 3.05) is 0 Å². The highest BCUT2D eigenvalue weighted by Gasteiger charge is 1.96. The zero-order valence-corrected chi connectivity index (χ0v) is 7.35. The van der Waals surface area contributed by atoms with Gasteiger partial charge in [0.15, 0.2) is 5.69 Å². The molecule has 0 aliphatic heterocycles. The summed E-state index contributed by atoms with van der Waals surface area (Å²) in [7, 11) is 0. The number of hydrogen-bond donors (Lipinski definition) is 0. The van der Waals surface area contributed by atoms with Crippen LogP contribution in [0.25, 0.3) is 4.85 Å². The van der Waals surface area contributed by atoms with Gasteiger partial charge in [-0.05, 0) is 30.8 Å². The lowest BCUT2D eigenvalue weighted by atomic mass is 10.2. The number of benzene rings is 1. The Bertz CT molecular complexity index is 384. The van der Waals surface area contributed by atoms with E-state index in [4.69, 9.17) is 6.57 Å². The van der Waals surface area contributed by atoms with Gasteiger partial charge in [0.05, 0.1) is 17.4 Å². The summed E-state index contributed by atoms with van der Waals surface area (Å²) in [4.78, 5) is 7.14. The highest BCUT2D eigenvalue weighted by atomic mass is 32.1. The first-order chi connectivity index (χ1) is 5.77. The Morgan fingerprint density at radius 3 is 2.83 bits per heavy atom. The highest BCUT2D eigenvalue weighted by molar-refractivity contribution is 7.78. The van der Waals surface area contributed by atoms with E-state index >= 15 is 0 Å². The van der Waals surface area contributed by atoms with Crippen LogP contribution in [0.3, 0.4) is 0 Å². The SMILES string of the molecule is [C-]#[N+]c1ccc(N=C=S)c(C)c1. The van der Waals surface area contributed by atoms with E-state index in [9.17, 15) is 0 Å². The van der Waals surface area contributed by atoms with Gasteiger partial charge < -0.3 is 0 Å².